The average Bonchev–Trinajstić information content (AvgIpc) is 2.50. The maximum atomic E-state index is 14.4. The van der Waals surface area contributed by atoms with Gasteiger partial charge in [0.05, 0.1) is 12.7 Å². The second-order valence-corrected chi connectivity index (χ2v) is 8.15. The van der Waals surface area contributed by atoms with Gasteiger partial charge in [-0.2, -0.15) is 0 Å². The van der Waals surface area contributed by atoms with E-state index < -0.39 is 11.8 Å². The summed E-state index contributed by atoms with van der Waals surface area (Å²) in [7, 11) is 1.35. The van der Waals surface area contributed by atoms with Crippen LogP contribution in [-0.4, -0.2) is 42.7 Å². The highest BCUT2D eigenvalue weighted by Gasteiger charge is 2.41. The standard InChI is InChI=1S/C19H23BrFNO3/c1-24-19(23)17-14-8-13(10-25-18(14)16(21)9-15(17)20)22(11-4-2-5-11)12-6-3-7-12/h9,11-13H,2-8,10H2,1H3/t13-/m1/s1. The Balaban J connectivity index is 1.68. The Morgan fingerprint density at radius 3 is 2.40 bits per heavy atom. The molecule has 0 N–H and O–H groups in total. The van der Waals surface area contributed by atoms with Crippen molar-refractivity contribution in [1.29, 1.82) is 0 Å². The van der Waals surface area contributed by atoms with Crippen LogP contribution in [0, 0.1) is 5.82 Å². The average molecular weight is 412 g/mol. The Bertz CT molecular complexity index is 674. The number of esters is 1. The molecule has 6 heteroatoms. The third-order valence-electron chi connectivity index (χ3n) is 5.95. The molecule has 0 aromatic heterocycles. The molecule has 2 saturated carbocycles. The summed E-state index contributed by atoms with van der Waals surface area (Å²) in [5.74, 6) is -0.667. The Morgan fingerprint density at radius 2 is 1.88 bits per heavy atom. The van der Waals surface area contributed by atoms with Gasteiger partial charge in [0, 0.05) is 28.2 Å². The maximum Gasteiger partial charge on any atom is 0.339 e. The molecular weight excluding hydrogens is 389 g/mol. The predicted octanol–water partition coefficient (Wildman–Crippen LogP) is 4.09. The predicted molar refractivity (Wildman–Crippen MR) is 95.5 cm³/mol. The first-order chi connectivity index (χ1) is 12.1. The number of nitrogens with zero attached hydrogens (tertiary/aromatic N) is 1. The van der Waals surface area contributed by atoms with Crippen molar-refractivity contribution in [3.8, 4) is 5.75 Å². The van der Waals surface area contributed by atoms with Crippen molar-refractivity contribution in [1.82, 2.24) is 4.90 Å². The molecule has 4 nitrogen and oxygen atoms in total. The largest absolute Gasteiger partial charge is 0.489 e. The fourth-order valence-electron chi connectivity index (χ4n) is 4.25. The highest BCUT2D eigenvalue weighted by Crippen LogP contribution is 2.41. The summed E-state index contributed by atoms with van der Waals surface area (Å²) in [6.07, 6.45) is 8.13. The first-order valence-corrected chi connectivity index (χ1v) is 9.89. The minimum atomic E-state index is -0.453. The quantitative estimate of drug-likeness (QED) is 0.699. The molecular formula is C19H23BrFNO3. The van der Waals surface area contributed by atoms with Crippen LogP contribution in [-0.2, 0) is 11.2 Å². The van der Waals surface area contributed by atoms with Crippen LogP contribution < -0.4 is 4.74 Å². The Hall–Kier alpha value is -1.14. The zero-order valence-corrected chi connectivity index (χ0v) is 16.0. The third-order valence-corrected chi connectivity index (χ3v) is 6.57. The second kappa shape index (κ2) is 6.88. The van der Waals surface area contributed by atoms with Crippen LogP contribution in [0.4, 0.5) is 4.39 Å². The van der Waals surface area contributed by atoms with Crippen molar-refractivity contribution in [2.45, 2.75) is 63.1 Å². The van der Waals surface area contributed by atoms with Gasteiger partial charge in [-0.15, -0.1) is 0 Å². The molecule has 0 saturated heterocycles. The summed E-state index contributed by atoms with van der Waals surface area (Å²) in [6.45, 7) is 0.485. The third kappa shape index (κ3) is 2.97. The van der Waals surface area contributed by atoms with Crippen LogP contribution in [0.15, 0.2) is 10.5 Å². The SMILES string of the molecule is COC(=O)c1c(Br)cc(F)c2c1C[C@@H](N(C1CCC1)C1CCC1)CO2. The maximum absolute atomic E-state index is 14.4. The van der Waals surface area contributed by atoms with Crippen molar-refractivity contribution in [2.24, 2.45) is 0 Å². The van der Waals surface area contributed by atoms with Crippen molar-refractivity contribution in [2.75, 3.05) is 13.7 Å². The van der Waals surface area contributed by atoms with E-state index in [1.54, 1.807) is 0 Å². The summed E-state index contributed by atoms with van der Waals surface area (Å²) in [4.78, 5) is 14.9. The summed E-state index contributed by atoms with van der Waals surface area (Å²) in [5.41, 5.74) is 1.03. The van der Waals surface area contributed by atoms with Gasteiger partial charge in [-0.3, -0.25) is 4.90 Å². The minimum absolute atomic E-state index is 0.195. The van der Waals surface area contributed by atoms with Crippen molar-refractivity contribution in [3.05, 3.63) is 27.5 Å². The molecule has 2 fully saturated rings. The number of ether oxygens (including phenoxy) is 2. The van der Waals surface area contributed by atoms with Gasteiger partial charge in [-0.1, -0.05) is 12.8 Å². The monoisotopic (exact) mass is 411 g/mol. The van der Waals surface area contributed by atoms with E-state index >= 15 is 0 Å². The molecule has 1 aromatic rings. The molecule has 1 aromatic carbocycles. The lowest BCUT2D eigenvalue weighted by Crippen LogP contribution is -2.57. The van der Waals surface area contributed by atoms with Crippen molar-refractivity contribution in [3.63, 3.8) is 0 Å². The van der Waals surface area contributed by atoms with Gasteiger partial charge in [0.15, 0.2) is 11.6 Å². The van der Waals surface area contributed by atoms with Gasteiger partial charge in [-0.05, 0) is 54.1 Å². The topological polar surface area (TPSA) is 38.8 Å². The lowest BCUT2D eigenvalue weighted by molar-refractivity contribution is -0.0195. The van der Waals surface area contributed by atoms with E-state index in [0.717, 1.165) is 0 Å². The second-order valence-electron chi connectivity index (χ2n) is 7.30. The summed E-state index contributed by atoms with van der Waals surface area (Å²) in [6, 6.07) is 2.71. The van der Waals surface area contributed by atoms with E-state index in [1.807, 2.05) is 0 Å². The van der Waals surface area contributed by atoms with Crippen LogP contribution >= 0.6 is 15.9 Å². The van der Waals surface area contributed by atoms with Crippen LogP contribution in [0.5, 0.6) is 5.75 Å². The molecule has 0 unspecified atom stereocenters. The number of halogens is 2. The van der Waals surface area contributed by atoms with Crippen molar-refractivity contribution < 1.29 is 18.7 Å². The molecule has 2 aliphatic carbocycles. The summed E-state index contributed by atoms with van der Waals surface area (Å²) in [5, 5.41) is 0. The molecule has 4 rings (SSSR count). The summed E-state index contributed by atoms with van der Waals surface area (Å²) < 4.78 is 25.5. The molecule has 3 aliphatic rings. The molecule has 1 heterocycles. The molecule has 0 radical (unpaired) electrons. The first kappa shape index (κ1) is 17.3. The molecule has 0 bridgehead atoms. The van der Waals surface area contributed by atoms with Crippen molar-refractivity contribution >= 4 is 21.9 Å². The molecule has 1 atom stereocenters. The summed E-state index contributed by atoms with van der Waals surface area (Å²) >= 11 is 3.32. The lowest BCUT2D eigenvalue weighted by Gasteiger charge is -2.51. The molecule has 0 spiro atoms. The number of benzene rings is 1. The Kier molecular flexibility index (Phi) is 4.75. The molecule has 25 heavy (non-hydrogen) atoms. The van der Waals surface area contributed by atoms with Gasteiger partial charge >= 0.3 is 5.97 Å². The van der Waals surface area contributed by atoms with E-state index in [-0.39, 0.29) is 11.8 Å². The van der Waals surface area contributed by atoms with Gasteiger partial charge in [0.1, 0.15) is 6.61 Å². The van der Waals surface area contributed by atoms with Crippen LogP contribution in [0.25, 0.3) is 0 Å². The number of rotatable bonds is 4. The number of hydrogen-bond donors (Lipinski definition) is 0. The first-order valence-electron chi connectivity index (χ1n) is 9.09. The van der Waals surface area contributed by atoms with E-state index in [0.29, 0.717) is 40.7 Å². The van der Waals surface area contributed by atoms with Gasteiger partial charge in [0.2, 0.25) is 0 Å². The zero-order valence-electron chi connectivity index (χ0n) is 14.4. The normalized spacial score (nSPS) is 23.4. The Morgan fingerprint density at radius 1 is 1.24 bits per heavy atom. The number of fused-ring (bicyclic) bond motifs is 1. The fourth-order valence-corrected chi connectivity index (χ4v) is 4.86. The number of hydrogen-bond acceptors (Lipinski definition) is 4. The Labute approximate surface area is 155 Å². The van der Waals surface area contributed by atoms with E-state index in [1.165, 1.54) is 51.7 Å². The smallest absolute Gasteiger partial charge is 0.339 e. The number of methoxy groups -OCH3 is 1. The highest BCUT2D eigenvalue weighted by atomic mass is 79.9. The van der Waals surface area contributed by atoms with Gasteiger partial charge < -0.3 is 9.47 Å². The van der Waals surface area contributed by atoms with Crippen LogP contribution in [0.2, 0.25) is 0 Å². The van der Waals surface area contributed by atoms with Crippen LogP contribution in [0.1, 0.15) is 54.4 Å². The number of carbonyl (C=O) groups is 1. The highest BCUT2D eigenvalue weighted by molar-refractivity contribution is 9.10. The fraction of sp³-hybridized carbons (Fsp3) is 0.632. The van der Waals surface area contributed by atoms with E-state index in [9.17, 15) is 9.18 Å². The van der Waals surface area contributed by atoms with E-state index in [2.05, 4.69) is 20.8 Å². The van der Waals surface area contributed by atoms with Crippen LogP contribution in [0.3, 0.4) is 0 Å². The minimum Gasteiger partial charge on any atom is -0.489 e. The van der Waals surface area contributed by atoms with E-state index in [4.69, 9.17) is 9.47 Å². The van der Waals surface area contributed by atoms with Gasteiger partial charge in [0.25, 0.3) is 0 Å². The molecule has 136 valence electrons. The molecule has 0 amide bonds. The zero-order chi connectivity index (χ0) is 17.6. The van der Waals surface area contributed by atoms with Gasteiger partial charge in [-0.25, -0.2) is 9.18 Å². The molecule has 1 aliphatic heterocycles. The lowest BCUT2D eigenvalue weighted by atomic mass is 9.82. The number of carbonyl (C=O) groups excluding carboxylic acids is 1.